The second kappa shape index (κ2) is 6.25. The molecule has 0 aliphatic carbocycles. The Labute approximate surface area is 141 Å². The lowest BCUT2D eigenvalue weighted by molar-refractivity contribution is 0.171. The summed E-state index contributed by atoms with van der Waals surface area (Å²) in [6.45, 7) is 1.04. The molecule has 0 fully saturated rings. The largest absolute Gasteiger partial charge is 0.486 e. The van der Waals surface area contributed by atoms with Crippen LogP contribution in [0.5, 0.6) is 11.5 Å². The van der Waals surface area contributed by atoms with Crippen LogP contribution in [0, 0.1) is 0 Å². The standard InChI is InChI=1S/C16H14N4O3S/c21-15(17-10-5-6-12-13(9-10)23-8-7-22-12)19-20-16-18-11-3-1-2-4-14(11)24-16/h1-6,9H,7-8H2,(H,18,20)(H2,17,19,21). The first-order valence-electron chi connectivity index (χ1n) is 7.36. The molecule has 3 N–H and O–H groups in total. The molecular formula is C16H14N4O3S. The molecule has 1 aliphatic rings. The van der Waals surface area contributed by atoms with Crippen LogP contribution >= 0.6 is 11.3 Å². The number of thiazole rings is 1. The number of nitrogens with zero attached hydrogens (tertiary/aromatic N) is 1. The average molecular weight is 342 g/mol. The van der Waals surface area contributed by atoms with Crippen molar-refractivity contribution in [3.05, 3.63) is 42.5 Å². The van der Waals surface area contributed by atoms with E-state index in [1.165, 1.54) is 11.3 Å². The Morgan fingerprint density at radius 2 is 1.92 bits per heavy atom. The Kier molecular flexibility index (Phi) is 3.80. The summed E-state index contributed by atoms with van der Waals surface area (Å²) in [6.07, 6.45) is 0. The number of aromatic nitrogens is 1. The minimum absolute atomic E-state index is 0.397. The smallest absolute Gasteiger partial charge is 0.337 e. The molecule has 8 heteroatoms. The van der Waals surface area contributed by atoms with Gasteiger partial charge in [0.15, 0.2) is 11.5 Å². The molecule has 1 aliphatic heterocycles. The van der Waals surface area contributed by atoms with Crippen molar-refractivity contribution in [3.63, 3.8) is 0 Å². The lowest BCUT2D eigenvalue weighted by Crippen LogP contribution is -2.33. The minimum Gasteiger partial charge on any atom is -0.486 e. The monoisotopic (exact) mass is 342 g/mol. The van der Waals surface area contributed by atoms with E-state index in [2.05, 4.69) is 21.2 Å². The predicted molar refractivity (Wildman–Crippen MR) is 92.8 cm³/mol. The molecule has 0 saturated carbocycles. The predicted octanol–water partition coefficient (Wildman–Crippen LogP) is 3.22. The Hall–Kier alpha value is -3.00. The van der Waals surface area contributed by atoms with Gasteiger partial charge in [0.05, 0.1) is 10.2 Å². The number of rotatable bonds is 3. The van der Waals surface area contributed by atoms with Gasteiger partial charge in [0, 0.05) is 11.8 Å². The van der Waals surface area contributed by atoms with Gasteiger partial charge in [-0.25, -0.2) is 15.2 Å². The van der Waals surface area contributed by atoms with Crippen LogP contribution in [0.1, 0.15) is 0 Å². The van der Waals surface area contributed by atoms with E-state index in [0.717, 1.165) is 10.2 Å². The fraction of sp³-hybridized carbons (Fsp3) is 0.125. The number of carbonyl (C=O) groups excluding carboxylic acids is 1. The fourth-order valence-electron chi connectivity index (χ4n) is 2.32. The quantitative estimate of drug-likeness (QED) is 0.637. The molecule has 2 heterocycles. The zero-order valence-electron chi connectivity index (χ0n) is 12.5. The molecule has 7 nitrogen and oxygen atoms in total. The average Bonchev–Trinajstić information content (AvgIpc) is 3.03. The summed E-state index contributed by atoms with van der Waals surface area (Å²) >= 11 is 1.46. The molecule has 1 aromatic heterocycles. The van der Waals surface area contributed by atoms with Gasteiger partial charge in [0.25, 0.3) is 0 Å². The number of carbonyl (C=O) groups is 1. The SMILES string of the molecule is O=C(NNc1nc2ccccc2s1)Nc1ccc2c(c1)OCCO2. The second-order valence-electron chi connectivity index (χ2n) is 5.05. The molecule has 2 amide bonds. The summed E-state index contributed by atoms with van der Waals surface area (Å²) < 4.78 is 12.0. The van der Waals surface area contributed by atoms with E-state index >= 15 is 0 Å². The summed E-state index contributed by atoms with van der Waals surface area (Å²) in [7, 11) is 0. The van der Waals surface area contributed by atoms with Gasteiger partial charge in [0.1, 0.15) is 13.2 Å². The van der Waals surface area contributed by atoms with Crippen molar-refractivity contribution in [1.29, 1.82) is 0 Å². The summed E-state index contributed by atoms with van der Waals surface area (Å²) in [5.74, 6) is 1.30. The van der Waals surface area contributed by atoms with Crippen molar-refractivity contribution in [3.8, 4) is 11.5 Å². The molecule has 3 aromatic rings. The third-order valence-corrected chi connectivity index (χ3v) is 4.33. The van der Waals surface area contributed by atoms with E-state index < -0.39 is 6.03 Å². The number of para-hydroxylation sites is 1. The van der Waals surface area contributed by atoms with Crippen LogP contribution < -0.4 is 25.6 Å². The van der Waals surface area contributed by atoms with Crippen LogP contribution in [-0.2, 0) is 0 Å². The van der Waals surface area contributed by atoms with Gasteiger partial charge in [-0.05, 0) is 24.3 Å². The van der Waals surface area contributed by atoms with Gasteiger partial charge < -0.3 is 14.8 Å². The summed E-state index contributed by atoms with van der Waals surface area (Å²) in [5.41, 5.74) is 6.87. The van der Waals surface area contributed by atoms with Crippen LogP contribution in [0.3, 0.4) is 0 Å². The molecule has 0 radical (unpaired) electrons. The van der Waals surface area contributed by atoms with Crippen molar-refractivity contribution in [2.24, 2.45) is 0 Å². The van der Waals surface area contributed by atoms with Crippen molar-refractivity contribution in [2.75, 3.05) is 24.0 Å². The number of ether oxygens (including phenoxy) is 2. The van der Waals surface area contributed by atoms with E-state index in [0.29, 0.717) is 35.5 Å². The van der Waals surface area contributed by atoms with Gasteiger partial charge in [-0.3, -0.25) is 5.43 Å². The Bertz CT molecular complexity index is 863. The zero-order chi connectivity index (χ0) is 16.4. The van der Waals surface area contributed by atoms with E-state index in [4.69, 9.17) is 9.47 Å². The Balaban J connectivity index is 1.38. The van der Waals surface area contributed by atoms with Crippen molar-refractivity contribution >= 4 is 38.4 Å². The number of hydrogen-bond donors (Lipinski definition) is 3. The lowest BCUT2D eigenvalue weighted by atomic mass is 10.2. The van der Waals surface area contributed by atoms with Gasteiger partial charge in [-0.2, -0.15) is 0 Å². The zero-order valence-corrected chi connectivity index (χ0v) is 13.4. The third kappa shape index (κ3) is 3.04. The van der Waals surface area contributed by atoms with Crippen molar-refractivity contribution in [2.45, 2.75) is 0 Å². The summed E-state index contributed by atoms with van der Waals surface area (Å²) in [5, 5.41) is 3.34. The molecule has 4 rings (SSSR count). The number of fused-ring (bicyclic) bond motifs is 2. The highest BCUT2D eigenvalue weighted by molar-refractivity contribution is 7.22. The highest BCUT2D eigenvalue weighted by atomic mass is 32.1. The van der Waals surface area contributed by atoms with Crippen LogP contribution in [0.15, 0.2) is 42.5 Å². The first-order chi connectivity index (χ1) is 11.8. The van der Waals surface area contributed by atoms with E-state index in [1.54, 1.807) is 18.2 Å². The van der Waals surface area contributed by atoms with Crippen molar-refractivity contribution < 1.29 is 14.3 Å². The maximum atomic E-state index is 12.0. The number of benzene rings is 2. The third-order valence-electron chi connectivity index (χ3n) is 3.38. The minimum atomic E-state index is -0.397. The molecule has 0 spiro atoms. The van der Waals surface area contributed by atoms with Crippen LogP contribution in [-0.4, -0.2) is 24.2 Å². The van der Waals surface area contributed by atoms with Crippen LogP contribution in [0.4, 0.5) is 15.6 Å². The molecule has 2 aromatic carbocycles. The number of amides is 2. The first-order valence-corrected chi connectivity index (χ1v) is 8.18. The highest BCUT2D eigenvalue weighted by Crippen LogP contribution is 2.32. The number of hydrazine groups is 1. The van der Waals surface area contributed by atoms with Crippen molar-refractivity contribution in [1.82, 2.24) is 10.4 Å². The van der Waals surface area contributed by atoms with Crippen LogP contribution in [0.2, 0.25) is 0 Å². The number of anilines is 2. The Morgan fingerprint density at radius 3 is 2.79 bits per heavy atom. The molecule has 0 saturated heterocycles. The van der Waals surface area contributed by atoms with Gasteiger partial charge >= 0.3 is 6.03 Å². The second-order valence-corrected chi connectivity index (χ2v) is 6.08. The molecule has 24 heavy (non-hydrogen) atoms. The number of nitrogens with one attached hydrogen (secondary N) is 3. The van der Waals surface area contributed by atoms with Gasteiger partial charge in [-0.15, -0.1) is 0 Å². The lowest BCUT2D eigenvalue weighted by Gasteiger charge is -2.19. The van der Waals surface area contributed by atoms with E-state index in [9.17, 15) is 4.79 Å². The Morgan fingerprint density at radius 1 is 1.08 bits per heavy atom. The molecular weight excluding hydrogens is 328 g/mol. The van der Waals surface area contributed by atoms with E-state index in [-0.39, 0.29) is 0 Å². The number of hydrogen-bond acceptors (Lipinski definition) is 6. The fourth-order valence-corrected chi connectivity index (χ4v) is 3.14. The number of urea groups is 1. The highest BCUT2D eigenvalue weighted by Gasteiger charge is 2.12. The first kappa shape index (κ1) is 14.6. The maximum absolute atomic E-state index is 12.0. The summed E-state index contributed by atoms with van der Waals surface area (Å²) in [6, 6.07) is 12.6. The normalized spacial score (nSPS) is 12.7. The summed E-state index contributed by atoms with van der Waals surface area (Å²) in [4.78, 5) is 16.4. The van der Waals surface area contributed by atoms with Gasteiger partial charge in [-0.1, -0.05) is 23.5 Å². The van der Waals surface area contributed by atoms with Crippen LogP contribution in [0.25, 0.3) is 10.2 Å². The molecule has 0 atom stereocenters. The topological polar surface area (TPSA) is 84.5 Å². The van der Waals surface area contributed by atoms with Gasteiger partial charge in [0.2, 0.25) is 5.13 Å². The molecule has 0 unspecified atom stereocenters. The molecule has 0 bridgehead atoms. The van der Waals surface area contributed by atoms with E-state index in [1.807, 2.05) is 24.3 Å². The maximum Gasteiger partial charge on any atom is 0.337 e. The molecule has 122 valence electrons.